The Hall–Kier alpha value is -1.26. The van der Waals surface area contributed by atoms with E-state index in [4.69, 9.17) is 22.4 Å². The molecule has 5 heteroatoms. The van der Waals surface area contributed by atoms with Crippen molar-refractivity contribution >= 4 is 23.3 Å². The molecule has 0 unspecified atom stereocenters. The summed E-state index contributed by atoms with van der Waals surface area (Å²) < 4.78 is 0. The molecule has 0 amide bonds. The van der Waals surface area contributed by atoms with E-state index in [9.17, 15) is 4.79 Å². The third kappa shape index (κ3) is 3.24. The Morgan fingerprint density at radius 3 is 2.93 bits per heavy atom. The first-order chi connectivity index (χ1) is 6.59. The molecule has 0 bridgehead atoms. The van der Waals surface area contributed by atoms with E-state index < -0.39 is 5.97 Å². The van der Waals surface area contributed by atoms with Gasteiger partial charge in [-0.1, -0.05) is 11.6 Å². The van der Waals surface area contributed by atoms with Crippen molar-refractivity contribution in [3.05, 3.63) is 28.8 Å². The van der Waals surface area contributed by atoms with E-state index in [2.05, 4.69) is 5.32 Å². The van der Waals surface area contributed by atoms with Gasteiger partial charge in [0.2, 0.25) is 0 Å². The molecule has 4 N–H and O–H groups in total. The van der Waals surface area contributed by atoms with Crippen molar-refractivity contribution in [3.63, 3.8) is 0 Å². The summed E-state index contributed by atoms with van der Waals surface area (Å²) in [5.74, 6) is -0.898. The van der Waals surface area contributed by atoms with Gasteiger partial charge in [-0.3, -0.25) is 4.79 Å². The maximum atomic E-state index is 10.2. The Balaban J connectivity index is 2.57. The van der Waals surface area contributed by atoms with Crippen molar-refractivity contribution in [1.29, 1.82) is 0 Å². The number of rotatable bonds is 4. The van der Waals surface area contributed by atoms with Crippen LogP contribution in [0.25, 0.3) is 0 Å². The SMILES string of the molecule is Nc1ccc(Cl)cc1CNCC(=O)O. The number of nitrogen functional groups attached to an aromatic ring is 1. The molecule has 0 aromatic heterocycles. The molecule has 76 valence electrons. The molecular formula is C9H11ClN2O2. The third-order valence-electron chi connectivity index (χ3n) is 1.70. The summed E-state index contributed by atoms with van der Waals surface area (Å²) in [4.78, 5) is 10.2. The van der Waals surface area contributed by atoms with Crippen LogP contribution < -0.4 is 11.1 Å². The predicted octanol–water partition coefficient (Wildman–Crippen LogP) is 1.10. The van der Waals surface area contributed by atoms with Gasteiger partial charge >= 0.3 is 5.97 Å². The number of anilines is 1. The number of carboxylic acids is 1. The molecule has 0 spiro atoms. The maximum Gasteiger partial charge on any atom is 0.317 e. The molecule has 0 radical (unpaired) electrons. The quantitative estimate of drug-likeness (QED) is 0.656. The lowest BCUT2D eigenvalue weighted by molar-refractivity contribution is -0.135. The van der Waals surface area contributed by atoms with Crippen LogP contribution in [0.5, 0.6) is 0 Å². The molecule has 14 heavy (non-hydrogen) atoms. The van der Waals surface area contributed by atoms with Crippen LogP contribution in [-0.2, 0) is 11.3 Å². The highest BCUT2D eigenvalue weighted by Crippen LogP contribution is 2.17. The minimum atomic E-state index is -0.898. The predicted molar refractivity (Wildman–Crippen MR) is 55.2 cm³/mol. The van der Waals surface area contributed by atoms with E-state index in [0.29, 0.717) is 17.3 Å². The normalized spacial score (nSPS) is 10.1. The van der Waals surface area contributed by atoms with Crippen molar-refractivity contribution in [3.8, 4) is 0 Å². The van der Waals surface area contributed by atoms with Crippen LogP contribution in [0, 0.1) is 0 Å². The number of hydrogen-bond donors (Lipinski definition) is 3. The van der Waals surface area contributed by atoms with E-state index in [1.54, 1.807) is 18.2 Å². The topological polar surface area (TPSA) is 75.3 Å². The van der Waals surface area contributed by atoms with Crippen molar-refractivity contribution in [2.24, 2.45) is 0 Å². The molecular weight excluding hydrogens is 204 g/mol. The Bertz CT molecular complexity index is 342. The largest absolute Gasteiger partial charge is 0.480 e. The average Bonchev–Trinajstić information content (AvgIpc) is 2.10. The molecule has 0 saturated heterocycles. The van der Waals surface area contributed by atoms with Gasteiger partial charge in [-0.2, -0.15) is 0 Å². The molecule has 0 atom stereocenters. The second-order valence-corrected chi connectivity index (χ2v) is 3.28. The van der Waals surface area contributed by atoms with Gasteiger partial charge in [0.05, 0.1) is 6.54 Å². The zero-order valence-electron chi connectivity index (χ0n) is 7.46. The molecule has 0 saturated carbocycles. The Labute approximate surface area is 86.7 Å². The van der Waals surface area contributed by atoms with Gasteiger partial charge < -0.3 is 16.2 Å². The van der Waals surface area contributed by atoms with Crippen LogP contribution >= 0.6 is 11.6 Å². The van der Waals surface area contributed by atoms with Gasteiger partial charge in [0, 0.05) is 17.3 Å². The fourth-order valence-electron chi connectivity index (χ4n) is 1.03. The first kappa shape index (κ1) is 10.8. The van der Waals surface area contributed by atoms with E-state index in [-0.39, 0.29) is 6.54 Å². The fraction of sp³-hybridized carbons (Fsp3) is 0.222. The van der Waals surface area contributed by atoms with E-state index >= 15 is 0 Å². The summed E-state index contributed by atoms with van der Waals surface area (Å²) >= 11 is 5.76. The van der Waals surface area contributed by atoms with E-state index in [0.717, 1.165) is 5.56 Å². The van der Waals surface area contributed by atoms with Crippen LogP contribution in [0.2, 0.25) is 5.02 Å². The van der Waals surface area contributed by atoms with Crippen LogP contribution in [0.3, 0.4) is 0 Å². The number of carboxylic acid groups (broad SMARTS) is 1. The molecule has 1 aromatic carbocycles. The zero-order chi connectivity index (χ0) is 10.6. The van der Waals surface area contributed by atoms with E-state index in [1.165, 1.54) is 0 Å². The Kier molecular flexibility index (Phi) is 3.73. The summed E-state index contributed by atoms with van der Waals surface area (Å²) in [6.07, 6.45) is 0. The Morgan fingerprint density at radius 2 is 2.29 bits per heavy atom. The second-order valence-electron chi connectivity index (χ2n) is 2.84. The second kappa shape index (κ2) is 4.83. The van der Waals surface area contributed by atoms with Crippen LogP contribution in [0.15, 0.2) is 18.2 Å². The highest BCUT2D eigenvalue weighted by atomic mass is 35.5. The number of halogens is 1. The molecule has 1 aromatic rings. The molecule has 0 heterocycles. The van der Waals surface area contributed by atoms with Gasteiger partial charge in [0.1, 0.15) is 0 Å². The minimum absolute atomic E-state index is 0.0913. The average molecular weight is 215 g/mol. The molecule has 1 rings (SSSR count). The zero-order valence-corrected chi connectivity index (χ0v) is 8.21. The first-order valence-corrected chi connectivity index (χ1v) is 4.44. The van der Waals surface area contributed by atoms with Crippen molar-refractivity contribution in [2.75, 3.05) is 12.3 Å². The van der Waals surface area contributed by atoms with Crippen LogP contribution in [-0.4, -0.2) is 17.6 Å². The summed E-state index contributed by atoms with van der Waals surface area (Å²) in [7, 11) is 0. The van der Waals surface area contributed by atoms with Crippen LogP contribution in [0.1, 0.15) is 5.56 Å². The van der Waals surface area contributed by atoms with Crippen molar-refractivity contribution < 1.29 is 9.90 Å². The van der Waals surface area contributed by atoms with Gasteiger partial charge in [-0.15, -0.1) is 0 Å². The molecule has 0 aliphatic heterocycles. The fourth-order valence-corrected chi connectivity index (χ4v) is 1.23. The first-order valence-electron chi connectivity index (χ1n) is 4.06. The number of nitrogens with two attached hydrogens (primary N) is 1. The number of hydrogen-bond acceptors (Lipinski definition) is 3. The number of aliphatic carboxylic acids is 1. The maximum absolute atomic E-state index is 10.2. The highest BCUT2D eigenvalue weighted by Gasteiger charge is 2.01. The van der Waals surface area contributed by atoms with Gasteiger partial charge in [0.25, 0.3) is 0 Å². The smallest absolute Gasteiger partial charge is 0.317 e. The standard InChI is InChI=1S/C9H11ClN2O2/c10-7-1-2-8(11)6(3-7)4-12-5-9(13)14/h1-3,12H,4-5,11H2,(H,13,14). The minimum Gasteiger partial charge on any atom is -0.480 e. The monoisotopic (exact) mass is 214 g/mol. The lowest BCUT2D eigenvalue weighted by Crippen LogP contribution is -2.22. The van der Waals surface area contributed by atoms with Crippen molar-refractivity contribution in [2.45, 2.75) is 6.54 Å². The van der Waals surface area contributed by atoms with Crippen LogP contribution in [0.4, 0.5) is 5.69 Å². The summed E-state index contributed by atoms with van der Waals surface area (Å²) in [5, 5.41) is 11.7. The Morgan fingerprint density at radius 1 is 1.57 bits per heavy atom. The molecule has 0 aliphatic carbocycles. The number of benzene rings is 1. The van der Waals surface area contributed by atoms with Gasteiger partial charge in [-0.05, 0) is 23.8 Å². The number of carbonyl (C=O) groups is 1. The summed E-state index contributed by atoms with van der Waals surface area (Å²) in [6.45, 7) is 0.310. The third-order valence-corrected chi connectivity index (χ3v) is 1.93. The molecule has 4 nitrogen and oxygen atoms in total. The van der Waals surface area contributed by atoms with Gasteiger partial charge in [-0.25, -0.2) is 0 Å². The summed E-state index contributed by atoms with van der Waals surface area (Å²) in [6, 6.07) is 5.10. The highest BCUT2D eigenvalue weighted by molar-refractivity contribution is 6.30. The van der Waals surface area contributed by atoms with Crippen molar-refractivity contribution in [1.82, 2.24) is 5.32 Å². The number of nitrogens with one attached hydrogen (secondary N) is 1. The molecule has 0 fully saturated rings. The van der Waals surface area contributed by atoms with E-state index in [1.807, 2.05) is 0 Å². The lowest BCUT2D eigenvalue weighted by Gasteiger charge is -2.06. The van der Waals surface area contributed by atoms with Gasteiger partial charge in [0.15, 0.2) is 0 Å². The summed E-state index contributed by atoms with van der Waals surface area (Å²) in [5.41, 5.74) is 7.07. The molecule has 0 aliphatic rings. The lowest BCUT2D eigenvalue weighted by atomic mass is 10.2.